The molecule has 1 aliphatic heterocycles. The van der Waals surface area contributed by atoms with Gasteiger partial charge >= 0.3 is 0 Å². The first-order chi connectivity index (χ1) is 27.1. The lowest BCUT2D eigenvalue weighted by Gasteiger charge is -2.22. The molecule has 2 aliphatic rings. The van der Waals surface area contributed by atoms with Gasteiger partial charge in [-0.15, -0.1) is 0 Å². The van der Waals surface area contributed by atoms with Crippen molar-refractivity contribution in [3.8, 4) is 34.1 Å². The molecule has 4 nitrogen and oxygen atoms in total. The zero-order valence-electron chi connectivity index (χ0n) is 30.5. The summed E-state index contributed by atoms with van der Waals surface area (Å²) < 4.78 is 15.5. The molecule has 0 N–H and O–H groups in total. The molecular weight excluding hydrogens is 673 g/mol. The summed E-state index contributed by atoms with van der Waals surface area (Å²) in [6, 6.07) is 58.6. The van der Waals surface area contributed by atoms with E-state index in [-0.39, 0.29) is 12.1 Å². The molecule has 4 atom stereocenters. The normalized spacial score (nSPS) is 17.7. The van der Waals surface area contributed by atoms with Gasteiger partial charge in [0.15, 0.2) is 23.0 Å². The van der Waals surface area contributed by atoms with E-state index < -0.39 is 0 Å². The molecule has 264 valence electrons. The minimum absolute atomic E-state index is 0.158. The summed E-state index contributed by atoms with van der Waals surface area (Å²) in [5, 5.41) is 7.07. The van der Waals surface area contributed by atoms with E-state index in [0.717, 1.165) is 50.9 Å². The zero-order chi connectivity index (χ0) is 36.6. The van der Waals surface area contributed by atoms with E-state index >= 15 is 0 Å². The predicted octanol–water partition coefficient (Wildman–Crippen LogP) is 13.5. The third-order valence-corrected chi connectivity index (χ3v) is 12.1. The van der Waals surface area contributed by atoms with Crippen molar-refractivity contribution in [2.45, 2.75) is 25.4 Å². The van der Waals surface area contributed by atoms with Crippen LogP contribution in [0.2, 0.25) is 0 Å². The number of ether oxygens (including phenoxy) is 2. The summed E-state index contributed by atoms with van der Waals surface area (Å²) in [4.78, 5) is 4.92. The molecule has 0 radical (unpaired) electrons. The maximum Gasteiger partial charge on any atom is 0.172 e. The molecule has 2 heterocycles. The van der Waals surface area contributed by atoms with Crippen LogP contribution in [0, 0.1) is 11.8 Å². The second kappa shape index (κ2) is 12.5. The van der Waals surface area contributed by atoms with Gasteiger partial charge in [-0.1, -0.05) is 140 Å². The first-order valence-corrected chi connectivity index (χ1v) is 19.2. The molecular formula is C51H38N2O2. The molecule has 9 aromatic rings. The van der Waals surface area contributed by atoms with Crippen LogP contribution in [0.25, 0.3) is 54.5 Å². The standard InChI is InChI=1S/C51H38N2O2/c1-31-49(40-18-8-6-15-37(40)26-32-22-24-34(25-23-32)39-20-11-16-33-12-5-7-17-38(33)39)50(31)51(52-2)53-43-21-10-9-19-41(43)42-29-47-48(30-44(42)53)55-46-28-36-14-4-3-13-35(36)27-45(46)54-47/h3-25,27-31,49-51H,2,26H2,1H3. The summed E-state index contributed by atoms with van der Waals surface area (Å²) in [6.45, 7) is 6.59. The van der Waals surface area contributed by atoms with Crippen molar-refractivity contribution < 1.29 is 9.47 Å². The first kappa shape index (κ1) is 31.8. The number of benzene rings is 8. The summed E-state index contributed by atoms with van der Waals surface area (Å²) in [5.41, 5.74) is 8.81. The van der Waals surface area contributed by atoms with Gasteiger partial charge in [0.1, 0.15) is 6.17 Å². The molecule has 55 heavy (non-hydrogen) atoms. The van der Waals surface area contributed by atoms with Crippen LogP contribution in [0.5, 0.6) is 23.0 Å². The monoisotopic (exact) mass is 710 g/mol. The molecule has 0 saturated heterocycles. The molecule has 1 fully saturated rings. The van der Waals surface area contributed by atoms with Crippen LogP contribution in [-0.2, 0) is 6.42 Å². The fourth-order valence-corrected chi connectivity index (χ4v) is 9.38. The van der Waals surface area contributed by atoms with Crippen LogP contribution in [-0.4, -0.2) is 11.3 Å². The van der Waals surface area contributed by atoms with E-state index in [2.05, 4.69) is 170 Å². The Morgan fingerprint density at radius 2 is 1.20 bits per heavy atom. The number of para-hydroxylation sites is 1. The van der Waals surface area contributed by atoms with Crippen LogP contribution < -0.4 is 9.47 Å². The van der Waals surface area contributed by atoms with Gasteiger partial charge in [-0.05, 0) is 98.6 Å². The summed E-state index contributed by atoms with van der Waals surface area (Å²) >= 11 is 0. The Hall–Kier alpha value is -6.65. The van der Waals surface area contributed by atoms with E-state index in [1.54, 1.807) is 0 Å². The van der Waals surface area contributed by atoms with Crippen molar-refractivity contribution in [3.05, 3.63) is 180 Å². The quantitative estimate of drug-likeness (QED) is 0.154. The summed E-state index contributed by atoms with van der Waals surface area (Å²) in [7, 11) is 0. The van der Waals surface area contributed by atoms with Crippen molar-refractivity contribution in [3.63, 3.8) is 0 Å². The second-order valence-corrected chi connectivity index (χ2v) is 15.2. The van der Waals surface area contributed by atoms with Crippen molar-refractivity contribution >= 4 is 50.1 Å². The Bertz CT molecular complexity index is 2970. The number of fused-ring (bicyclic) bond motifs is 7. The van der Waals surface area contributed by atoms with Gasteiger partial charge in [0.05, 0.1) is 11.0 Å². The fraction of sp³-hybridized carbons (Fsp3) is 0.118. The van der Waals surface area contributed by atoms with Gasteiger partial charge in [-0.25, -0.2) is 0 Å². The molecule has 1 saturated carbocycles. The number of aromatic nitrogens is 1. The maximum absolute atomic E-state index is 6.58. The van der Waals surface area contributed by atoms with E-state index in [9.17, 15) is 0 Å². The Labute approximate surface area is 319 Å². The highest BCUT2D eigenvalue weighted by molar-refractivity contribution is 6.09. The Kier molecular flexibility index (Phi) is 7.21. The molecule has 0 bridgehead atoms. The third kappa shape index (κ3) is 5.16. The average Bonchev–Trinajstić information content (AvgIpc) is 3.79. The van der Waals surface area contributed by atoms with Gasteiger partial charge in [0.2, 0.25) is 0 Å². The van der Waals surface area contributed by atoms with E-state index in [0.29, 0.717) is 17.6 Å². The van der Waals surface area contributed by atoms with Gasteiger partial charge in [-0.3, -0.25) is 4.99 Å². The summed E-state index contributed by atoms with van der Waals surface area (Å²) in [5.74, 6) is 3.95. The highest BCUT2D eigenvalue weighted by Crippen LogP contribution is 2.61. The lowest BCUT2D eigenvalue weighted by Crippen LogP contribution is -2.11. The van der Waals surface area contributed by atoms with Crippen LogP contribution in [0.15, 0.2) is 169 Å². The van der Waals surface area contributed by atoms with Crippen molar-refractivity contribution in [1.29, 1.82) is 0 Å². The number of nitrogens with zero attached hydrogens (tertiary/aromatic N) is 2. The maximum atomic E-state index is 6.58. The lowest BCUT2D eigenvalue weighted by atomic mass is 9.93. The smallest absolute Gasteiger partial charge is 0.172 e. The Morgan fingerprint density at radius 3 is 1.96 bits per heavy atom. The van der Waals surface area contributed by atoms with Crippen LogP contribution >= 0.6 is 0 Å². The van der Waals surface area contributed by atoms with Crippen molar-refractivity contribution in [2.75, 3.05) is 0 Å². The molecule has 1 aromatic heterocycles. The fourth-order valence-electron chi connectivity index (χ4n) is 9.38. The highest BCUT2D eigenvalue weighted by Gasteiger charge is 2.53. The second-order valence-electron chi connectivity index (χ2n) is 15.2. The van der Waals surface area contributed by atoms with E-state index in [1.807, 2.05) is 12.1 Å². The number of hydrogen-bond acceptors (Lipinski definition) is 3. The number of rotatable bonds is 7. The lowest BCUT2D eigenvalue weighted by molar-refractivity contribution is 0.361. The van der Waals surface area contributed by atoms with Crippen molar-refractivity contribution in [1.82, 2.24) is 4.57 Å². The molecule has 0 spiro atoms. The van der Waals surface area contributed by atoms with Gasteiger partial charge < -0.3 is 14.0 Å². The Morgan fingerprint density at radius 1 is 0.582 bits per heavy atom. The molecule has 0 amide bonds. The predicted molar refractivity (Wildman–Crippen MR) is 226 cm³/mol. The molecule has 4 heteroatoms. The highest BCUT2D eigenvalue weighted by atomic mass is 16.6. The van der Waals surface area contributed by atoms with E-state index in [4.69, 9.17) is 14.5 Å². The molecule has 11 rings (SSSR count). The van der Waals surface area contributed by atoms with Gasteiger partial charge in [0, 0.05) is 22.8 Å². The molecule has 8 aromatic carbocycles. The first-order valence-electron chi connectivity index (χ1n) is 19.2. The van der Waals surface area contributed by atoms with Crippen LogP contribution in [0.1, 0.15) is 35.7 Å². The van der Waals surface area contributed by atoms with E-state index in [1.165, 1.54) is 44.0 Å². The minimum atomic E-state index is -0.158. The molecule has 4 unspecified atom stereocenters. The van der Waals surface area contributed by atoms with Crippen LogP contribution in [0.3, 0.4) is 0 Å². The average molecular weight is 711 g/mol. The summed E-state index contributed by atoms with van der Waals surface area (Å²) in [6.07, 6.45) is 0.721. The Balaban J connectivity index is 0.929. The largest absolute Gasteiger partial charge is 0.449 e. The topological polar surface area (TPSA) is 35.8 Å². The van der Waals surface area contributed by atoms with Gasteiger partial charge in [0.25, 0.3) is 0 Å². The van der Waals surface area contributed by atoms with Gasteiger partial charge in [-0.2, -0.15) is 0 Å². The number of aliphatic imine (C=N–C) groups is 1. The SMILES string of the molecule is C=NC(C1C(C)C1c1ccccc1Cc1ccc(-c2cccc3ccccc23)cc1)n1c2ccccc2c2cc3c(cc21)Oc1cc2ccccc2cc1O3. The minimum Gasteiger partial charge on any atom is -0.449 e. The molecule has 1 aliphatic carbocycles. The van der Waals surface area contributed by atoms with Crippen LogP contribution in [0.4, 0.5) is 0 Å². The van der Waals surface area contributed by atoms with Crippen molar-refractivity contribution in [2.24, 2.45) is 16.8 Å². The third-order valence-electron chi connectivity index (χ3n) is 12.1. The zero-order valence-corrected chi connectivity index (χ0v) is 30.5. The number of hydrogen-bond donors (Lipinski definition) is 0.